The third-order valence-electron chi connectivity index (χ3n) is 3.77. The minimum Gasteiger partial charge on any atom is -0.496 e. The summed E-state index contributed by atoms with van der Waals surface area (Å²) in [5, 5.41) is -0.244. The van der Waals surface area contributed by atoms with E-state index in [-0.39, 0.29) is 23.7 Å². The molecule has 0 spiro atoms. The molecule has 1 atom stereocenters. The number of rotatable bonds is 7. The van der Waals surface area contributed by atoms with Crippen molar-refractivity contribution >= 4 is 23.6 Å². The van der Waals surface area contributed by atoms with Gasteiger partial charge in [-0.1, -0.05) is 6.07 Å². The summed E-state index contributed by atoms with van der Waals surface area (Å²) in [6, 6.07) is 5.54. The minimum absolute atomic E-state index is 0.0241. The summed E-state index contributed by atoms with van der Waals surface area (Å²) in [6.07, 6.45) is 0.634. The van der Waals surface area contributed by atoms with E-state index in [1.54, 1.807) is 37.8 Å². The van der Waals surface area contributed by atoms with Gasteiger partial charge in [0.25, 0.3) is 0 Å². The molecule has 24 heavy (non-hydrogen) atoms. The second kappa shape index (κ2) is 8.82. The van der Waals surface area contributed by atoms with Crippen molar-refractivity contribution in [3.63, 3.8) is 0 Å². The molecule has 7 heteroatoms. The van der Waals surface area contributed by atoms with Crippen molar-refractivity contribution in [3.8, 4) is 11.5 Å². The molecule has 1 fully saturated rings. The van der Waals surface area contributed by atoms with Gasteiger partial charge < -0.3 is 19.1 Å². The summed E-state index contributed by atoms with van der Waals surface area (Å²) in [4.78, 5) is 25.8. The Morgan fingerprint density at radius 1 is 1.29 bits per heavy atom. The lowest BCUT2D eigenvalue weighted by atomic mass is 10.1. The average Bonchev–Trinajstić information content (AvgIpc) is 2.60. The first-order chi connectivity index (χ1) is 11.6. The highest BCUT2D eigenvalue weighted by molar-refractivity contribution is 7.99. The van der Waals surface area contributed by atoms with Crippen LogP contribution >= 0.6 is 11.8 Å². The minimum atomic E-state index is -0.299. The van der Waals surface area contributed by atoms with Crippen LogP contribution in [0.5, 0.6) is 11.5 Å². The molecule has 0 aliphatic carbocycles. The van der Waals surface area contributed by atoms with Crippen molar-refractivity contribution in [2.45, 2.75) is 25.1 Å². The lowest BCUT2D eigenvalue weighted by Gasteiger charge is -2.36. The molecule has 0 N–H and O–H groups in total. The number of thioether (sulfide) groups is 1. The van der Waals surface area contributed by atoms with E-state index in [0.29, 0.717) is 31.1 Å². The molecule has 1 unspecified atom stereocenters. The van der Waals surface area contributed by atoms with E-state index in [4.69, 9.17) is 14.2 Å². The fourth-order valence-electron chi connectivity index (χ4n) is 2.67. The topological polar surface area (TPSA) is 65.1 Å². The number of hydrogen-bond donors (Lipinski definition) is 0. The fourth-order valence-corrected chi connectivity index (χ4v) is 3.99. The molecule has 1 aliphatic heterocycles. The molecule has 0 bridgehead atoms. The maximum absolute atomic E-state index is 12.4. The van der Waals surface area contributed by atoms with Crippen molar-refractivity contribution in [1.82, 2.24) is 4.90 Å². The summed E-state index contributed by atoms with van der Waals surface area (Å²) in [5.74, 6) is 1.79. The third-order valence-corrected chi connectivity index (χ3v) is 5.02. The van der Waals surface area contributed by atoms with Crippen molar-refractivity contribution in [3.05, 3.63) is 23.8 Å². The Kier molecular flexibility index (Phi) is 6.78. The molecule has 1 aliphatic rings. The first-order valence-electron chi connectivity index (χ1n) is 7.90. The molecule has 6 nitrogen and oxygen atoms in total. The van der Waals surface area contributed by atoms with Crippen LogP contribution in [0.2, 0.25) is 0 Å². The first-order valence-corrected chi connectivity index (χ1v) is 8.94. The zero-order valence-corrected chi connectivity index (χ0v) is 15.1. The fraction of sp³-hybridized carbons (Fsp3) is 0.529. The molecular weight excluding hydrogens is 330 g/mol. The summed E-state index contributed by atoms with van der Waals surface area (Å²) in [6.45, 7) is 2.42. The normalized spacial score (nSPS) is 17.5. The Labute approximate surface area is 146 Å². The zero-order chi connectivity index (χ0) is 17.5. The van der Waals surface area contributed by atoms with E-state index in [0.717, 1.165) is 11.3 Å². The molecule has 0 aromatic heterocycles. The molecular formula is C17H23NO5S. The van der Waals surface area contributed by atoms with Gasteiger partial charge in [0.15, 0.2) is 0 Å². The number of benzene rings is 1. The van der Waals surface area contributed by atoms with Crippen molar-refractivity contribution in [1.29, 1.82) is 0 Å². The molecule has 1 amide bonds. The van der Waals surface area contributed by atoms with Crippen LogP contribution in [0.15, 0.2) is 18.2 Å². The monoisotopic (exact) mass is 353 g/mol. The van der Waals surface area contributed by atoms with E-state index in [1.807, 2.05) is 18.2 Å². The smallest absolute Gasteiger partial charge is 0.307 e. The zero-order valence-electron chi connectivity index (χ0n) is 14.2. The van der Waals surface area contributed by atoms with Crippen LogP contribution in [0.3, 0.4) is 0 Å². The highest BCUT2D eigenvalue weighted by Gasteiger charge is 2.34. The van der Waals surface area contributed by atoms with Crippen molar-refractivity contribution in [2.75, 3.05) is 33.1 Å². The highest BCUT2D eigenvalue weighted by atomic mass is 32.2. The summed E-state index contributed by atoms with van der Waals surface area (Å²) in [7, 11) is 3.19. The third kappa shape index (κ3) is 4.14. The Morgan fingerprint density at radius 3 is 2.54 bits per heavy atom. The van der Waals surface area contributed by atoms with Gasteiger partial charge in [-0.15, -0.1) is 11.8 Å². The van der Waals surface area contributed by atoms with Gasteiger partial charge in [0.05, 0.1) is 32.8 Å². The lowest BCUT2D eigenvalue weighted by Crippen LogP contribution is -2.39. The highest BCUT2D eigenvalue weighted by Crippen LogP contribution is 2.45. The maximum atomic E-state index is 12.4. The SMILES string of the molecule is CCOC(=O)CCN1C(=O)CCSC1c1c(OC)cccc1OC. The van der Waals surface area contributed by atoms with Crippen LogP contribution < -0.4 is 9.47 Å². The number of hydrogen-bond acceptors (Lipinski definition) is 6. The van der Waals surface area contributed by atoms with Crippen molar-refractivity contribution in [2.24, 2.45) is 0 Å². The second-order valence-corrected chi connectivity index (χ2v) is 6.38. The molecule has 0 saturated carbocycles. The van der Waals surface area contributed by atoms with E-state index in [2.05, 4.69) is 0 Å². The van der Waals surface area contributed by atoms with Gasteiger partial charge >= 0.3 is 5.97 Å². The molecule has 132 valence electrons. The largest absolute Gasteiger partial charge is 0.496 e. The predicted molar refractivity (Wildman–Crippen MR) is 92.3 cm³/mol. The first kappa shape index (κ1) is 18.4. The van der Waals surface area contributed by atoms with Crippen LogP contribution in [-0.2, 0) is 14.3 Å². The molecule has 1 heterocycles. The summed E-state index contributed by atoms with van der Waals surface area (Å²) < 4.78 is 15.9. The number of carbonyl (C=O) groups is 2. The van der Waals surface area contributed by atoms with Crippen LogP contribution in [0, 0.1) is 0 Å². The van der Waals surface area contributed by atoms with Gasteiger partial charge in [0.1, 0.15) is 16.9 Å². The van der Waals surface area contributed by atoms with E-state index < -0.39 is 0 Å². The van der Waals surface area contributed by atoms with Gasteiger partial charge in [-0.3, -0.25) is 9.59 Å². The molecule has 0 radical (unpaired) electrons. The summed E-state index contributed by atoms with van der Waals surface area (Å²) >= 11 is 1.65. The molecule has 1 saturated heterocycles. The lowest BCUT2D eigenvalue weighted by molar-refractivity contribution is -0.144. The second-order valence-electron chi connectivity index (χ2n) is 5.19. The molecule has 2 rings (SSSR count). The number of carbonyl (C=O) groups excluding carboxylic acids is 2. The van der Waals surface area contributed by atoms with Gasteiger partial charge in [-0.2, -0.15) is 0 Å². The molecule has 1 aromatic carbocycles. The number of ether oxygens (including phenoxy) is 3. The van der Waals surface area contributed by atoms with Gasteiger partial charge in [-0.25, -0.2) is 0 Å². The number of esters is 1. The number of methoxy groups -OCH3 is 2. The predicted octanol–water partition coefficient (Wildman–Crippen LogP) is 2.62. The van der Waals surface area contributed by atoms with E-state index in [9.17, 15) is 9.59 Å². The van der Waals surface area contributed by atoms with Crippen LogP contribution in [0.1, 0.15) is 30.7 Å². The Hall–Kier alpha value is -1.89. The standard InChI is InChI=1S/C17H23NO5S/c1-4-23-15(20)8-10-18-14(19)9-11-24-17(18)16-12(21-2)6-5-7-13(16)22-3/h5-7,17H,4,8-11H2,1-3H3. The maximum Gasteiger partial charge on any atom is 0.307 e. The average molecular weight is 353 g/mol. The van der Waals surface area contributed by atoms with Crippen LogP contribution in [-0.4, -0.2) is 49.9 Å². The Bertz CT molecular complexity index is 570. The van der Waals surface area contributed by atoms with Crippen LogP contribution in [0.4, 0.5) is 0 Å². The van der Waals surface area contributed by atoms with Gasteiger partial charge in [-0.05, 0) is 19.1 Å². The van der Waals surface area contributed by atoms with Gasteiger partial charge in [0.2, 0.25) is 5.91 Å². The van der Waals surface area contributed by atoms with Crippen molar-refractivity contribution < 1.29 is 23.8 Å². The van der Waals surface area contributed by atoms with Gasteiger partial charge in [0, 0.05) is 18.7 Å². The number of amides is 1. The Morgan fingerprint density at radius 2 is 1.96 bits per heavy atom. The number of nitrogens with zero attached hydrogens (tertiary/aromatic N) is 1. The quantitative estimate of drug-likeness (QED) is 0.702. The van der Waals surface area contributed by atoms with Crippen LogP contribution in [0.25, 0.3) is 0 Å². The summed E-state index contributed by atoms with van der Waals surface area (Å²) in [5.41, 5.74) is 0.824. The van der Waals surface area contributed by atoms with E-state index in [1.165, 1.54) is 0 Å². The molecule has 1 aromatic rings. The Balaban J connectivity index is 2.28. The van der Waals surface area contributed by atoms with E-state index >= 15 is 0 Å².